The number of carboxylic acid groups (broad SMARTS) is 1. The molecule has 20 heavy (non-hydrogen) atoms. The molecule has 1 aromatic heterocycles. The van der Waals surface area contributed by atoms with Gasteiger partial charge >= 0.3 is 12.0 Å². The number of rotatable bonds is 7. The van der Waals surface area contributed by atoms with Gasteiger partial charge in [-0.3, -0.25) is 4.79 Å². The SMILES string of the molecule is CCN(Cc1ccco1)C(=O)NCC(C)(O)CC(=O)O. The standard InChI is InChI=1S/C13H20N2O5/c1-3-15(8-10-5-4-6-20-10)12(18)14-9-13(2,19)7-11(16)17/h4-6,19H,3,7-9H2,1-2H3,(H,14,18)(H,16,17). The zero-order chi connectivity index (χ0) is 15.2. The largest absolute Gasteiger partial charge is 0.481 e. The van der Waals surface area contributed by atoms with Crippen molar-refractivity contribution in [2.24, 2.45) is 0 Å². The Morgan fingerprint density at radius 1 is 1.50 bits per heavy atom. The topological polar surface area (TPSA) is 103 Å². The van der Waals surface area contributed by atoms with E-state index in [0.717, 1.165) is 0 Å². The van der Waals surface area contributed by atoms with E-state index in [1.165, 1.54) is 18.1 Å². The third-order valence-electron chi connectivity index (χ3n) is 2.75. The van der Waals surface area contributed by atoms with Crippen LogP contribution in [0.5, 0.6) is 0 Å². The molecule has 2 amide bonds. The number of amides is 2. The molecule has 1 aromatic rings. The molecule has 112 valence electrons. The zero-order valence-corrected chi connectivity index (χ0v) is 11.6. The van der Waals surface area contributed by atoms with E-state index < -0.39 is 18.0 Å². The predicted molar refractivity (Wildman–Crippen MR) is 71.1 cm³/mol. The first-order valence-corrected chi connectivity index (χ1v) is 6.33. The Hall–Kier alpha value is -2.02. The van der Waals surface area contributed by atoms with Crippen LogP contribution >= 0.6 is 0 Å². The lowest BCUT2D eigenvalue weighted by Gasteiger charge is -2.25. The summed E-state index contributed by atoms with van der Waals surface area (Å²) in [4.78, 5) is 24.0. The van der Waals surface area contributed by atoms with Gasteiger partial charge in [0.15, 0.2) is 0 Å². The molecule has 3 N–H and O–H groups in total. The van der Waals surface area contributed by atoms with Crippen molar-refractivity contribution in [2.75, 3.05) is 13.1 Å². The Morgan fingerprint density at radius 2 is 2.20 bits per heavy atom. The van der Waals surface area contributed by atoms with Gasteiger partial charge in [0.2, 0.25) is 0 Å². The number of carboxylic acids is 1. The Bertz CT molecular complexity index is 442. The van der Waals surface area contributed by atoms with Crippen LogP contribution in [0.3, 0.4) is 0 Å². The lowest BCUT2D eigenvalue weighted by Crippen LogP contribution is -2.47. The van der Waals surface area contributed by atoms with Crippen LogP contribution in [0.2, 0.25) is 0 Å². The summed E-state index contributed by atoms with van der Waals surface area (Å²) >= 11 is 0. The fourth-order valence-electron chi connectivity index (χ4n) is 1.68. The molecule has 0 aliphatic carbocycles. The zero-order valence-electron chi connectivity index (χ0n) is 11.6. The quantitative estimate of drug-likeness (QED) is 0.694. The van der Waals surface area contributed by atoms with E-state index in [4.69, 9.17) is 9.52 Å². The molecule has 1 heterocycles. The van der Waals surface area contributed by atoms with Crippen molar-refractivity contribution in [1.29, 1.82) is 0 Å². The number of carbonyl (C=O) groups is 2. The molecule has 7 nitrogen and oxygen atoms in total. The van der Waals surface area contributed by atoms with Gasteiger partial charge in [0.1, 0.15) is 5.76 Å². The molecule has 0 bridgehead atoms. The van der Waals surface area contributed by atoms with Crippen LogP contribution in [0, 0.1) is 0 Å². The molecule has 0 saturated carbocycles. The number of hydrogen-bond acceptors (Lipinski definition) is 4. The second-order valence-electron chi connectivity index (χ2n) is 4.82. The smallest absolute Gasteiger partial charge is 0.317 e. The Labute approximate surface area is 117 Å². The summed E-state index contributed by atoms with van der Waals surface area (Å²) in [6.45, 7) is 3.83. The van der Waals surface area contributed by atoms with Crippen molar-refractivity contribution < 1.29 is 24.2 Å². The van der Waals surface area contributed by atoms with Crippen LogP contribution in [0.25, 0.3) is 0 Å². The molecule has 7 heteroatoms. The average Bonchev–Trinajstić information content (AvgIpc) is 2.84. The van der Waals surface area contributed by atoms with Crippen LogP contribution in [0.1, 0.15) is 26.0 Å². The van der Waals surface area contributed by atoms with E-state index in [1.807, 2.05) is 6.92 Å². The second kappa shape index (κ2) is 6.95. The third kappa shape index (κ3) is 5.31. The van der Waals surface area contributed by atoms with Crippen molar-refractivity contribution in [1.82, 2.24) is 10.2 Å². The summed E-state index contributed by atoms with van der Waals surface area (Å²) in [5.74, 6) is -0.466. The maximum absolute atomic E-state index is 11.9. The van der Waals surface area contributed by atoms with E-state index >= 15 is 0 Å². The molecule has 1 rings (SSSR count). The number of aliphatic hydroxyl groups is 1. The first-order valence-electron chi connectivity index (χ1n) is 6.33. The van der Waals surface area contributed by atoms with Crippen LogP contribution < -0.4 is 5.32 Å². The summed E-state index contributed by atoms with van der Waals surface area (Å²) in [7, 11) is 0. The molecular weight excluding hydrogens is 264 g/mol. The van der Waals surface area contributed by atoms with Crippen molar-refractivity contribution in [3.05, 3.63) is 24.2 Å². The number of aliphatic carboxylic acids is 1. The van der Waals surface area contributed by atoms with E-state index in [9.17, 15) is 14.7 Å². The highest BCUT2D eigenvalue weighted by Gasteiger charge is 2.25. The highest BCUT2D eigenvalue weighted by molar-refractivity contribution is 5.74. The molecule has 0 aromatic carbocycles. The molecular formula is C13H20N2O5. The first kappa shape index (κ1) is 16.0. The molecule has 0 fully saturated rings. The minimum absolute atomic E-state index is 0.132. The van der Waals surface area contributed by atoms with Gasteiger partial charge in [-0.1, -0.05) is 0 Å². The monoisotopic (exact) mass is 284 g/mol. The van der Waals surface area contributed by atoms with E-state index in [2.05, 4.69) is 5.32 Å². The highest BCUT2D eigenvalue weighted by atomic mass is 16.4. The summed E-state index contributed by atoms with van der Waals surface area (Å²) < 4.78 is 5.17. The Balaban J connectivity index is 2.49. The van der Waals surface area contributed by atoms with Gasteiger partial charge in [0.05, 0.1) is 24.8 Å². The lowest BCUT2D eigenvalue weighted by atomic mass is 10.0. The summed E-state index contributed by atoms with van der Waals surface area (Å²) in [6, 6.07) is 3.12. The molecule has 1 unspecified atom stereocenters. The molecule has 0 radical (unpaired) electrons. The summed E-state index contributed by atoms with van der Waals surface area (Å²) in [5, 5.41) is 21.0. The number of hydrogen-bond donors (Lipinski definition) is 3. The summed E-state index contributed by atoms with van der Waals surface area (Å²) in [6.07, 6.45) is 1.09. The van der Waals surface area contributed by atoms with E-state index in [0.29, 0.717) is 18.8 Å². The normalized spacial score (nSPS) is 13.6. The van der Waals surface area contributed by atoms with Gasteiger partial charge in [-0.2, -0.15) is 0 Å². The Kier molecular flexibility index (Phi) is 5.57. The van der Waals surface area contributed by atoms with Gasteiger partial charge < -0.3 is 24.8 Å². The van der Waals surface area contributed by atoms with E-state index in [-0.39, 0.29) is 12.6 Å². The fraction of sp³-hybridized carbons (Fsp3) is 0.538. The molecule has 0 spiro atoms. The molecule has 0 aliphatic heterocycles. The van der Waals surface area contributed by atoms with Crippen LogP contribution in [-0.4, -0.2) is 45.8 Å². The van der Waals surface area contributed by atoms with Crippen molar-refractivity contribution in [3.8, 4) is 0 Å². The van der Waals surface area contributed by atoms with Gasteiger partial charge in [0, 0.05) is 13.1 Å². The van der Waals surface area contributed by atoms with Crippen LogP contribution in [0.15, 0.2) is 22.8 Å². The highest BCUT2D eigenvalue weighted by Crippen LogP contribution is 2.09. The van der Waals surface area contributed by atoms with Gasteiger partial charge in [0.25, 0.3) is 0 Å². The number of nitrogens with zero attached hydrogens (tertiary/aromatic N) is 1. The van der Waals surface area contributed by atoms with Gasteiger partial charge in [-0.25, -0.2) is 4.79 Å². The summed E-state index contributed by atoms with van der Waals surface area (Å²) in [5.41, 5.74) is -1.48. The van der Waals surface area contributed by atoms with Crippen LogP contribution in [0.4, 0.5) is 4.79 Å². The van der Waals surface area contributed by atoms with Crippen molar-refractivity contribution in [3.63, 3.8) is 0 Å². The second-order valence-corrected chi connectivity index (χ2v) is 4.82. The van der Waals surface area contributed by atoms with E-state index in [1.54, 1.807) is 12.1 Å². The average molecular weight is 284 g/mol. The van der Waals surface area contributed by atoms with Crippen molar-refractivity contribution in [2.45, 2.75) is 32.4 Å². The molecule has 0 saturated heterocycles. The maximum Gasteiger partial charge on any atom is 0.317 e. The third-order valence-corrected chi connectivity index (χ3v) is 2.75. The maximum atomic E-state index is 11.9. The van der Waals surface area contributed by atoms with Crippen molar-refractivity contribution >= 4 is 12.0 Å². The molecule has 1 atom stereocenters. The van der Waals surface area contributed by atoms with Gasteiger partial charge in [-0.15, -0.1) is 0 Å². The fourth-order valence-corrected chi connectivity index (χ4v) is 1.68. The minimum Gasteiger partial charge on any atom is -0.481 e. The number of carbonyl (C=O) groups excluding carboxylic acids is 1. The van der Waals surface area contributed by atoms with Gasteiger partial charge in [-0.05, 0) is 26.0 Å². The minimum atomic E-state index is -1.48. The van der Waals surface area contributed by atoms with Crippen LogP contribution in [-0.2, 0) is 11.3 Å². The first-order chi connectivity index (χ1) is 9.34. The Morgan fingerprint density at radius 3 is 2.70 bits per heavy atom. The number of urea groups is 1. The number of furan rings is 1. The number of nitrogens with one attached hydrogen (secondary N) is 1. The molecule has 0 aliphatic rings. The predicted octanol–water partition coefficient (Wildman–Crippen LogP) is 1.04. The lowest BCUT2D eigenvalue weighted by molar-refractivity contribution is -0.141.